The van der Waals surface area contributed by atoms with Crippen LogP contribution in [0.3, 0.4) is 0 Å². The Balaban J connectivity index is 2.49. The number of nitrogens with zero attached hydrogens (tertiary/aromatic N) is 3. The summed E-state index contributed by atoms with van der Waals surface area (Å²) in [6, 6.07) is 5.73. The Kier molecular flexibility index (Phi) is 3.36. The fourth-order valence-electron chi connectivity index (χ4n) is 1.45. The third kappa shape index (κ3) is 2.01. The number of hydrogen-bond donors (Lipinski definition) is 0. The molecule has 1 unspecified atom stereocenters. The molecule has 0 aliphatic carbocycles. The molecule has 0 bridgehead atoms. The maximum Gasteiger partial charge on any atom is 0.168 e. The van der Waals surface area contributed by atoms with E-state index in [9.17, 15) is 0 Å². The van der Waals surface area contributed by atoms with Gasteiger partial charge in [0.15, 0.2) is 5.82 Å². The van der Waals surface area contributed by atoms with E-state index in [0.717, 1.165) is 16.0 Å². The fraction of sp³-hybridized carbons (Fsp3) is 0.273. The van der Waals surface area contributed by atoms with Crippen LogP contribution in [0.15, 0.2) is 35.1 Å². The zero-order valence-electron chi connectivity index (χ0n) is 9.09. The van der Waals surface area contributed by atoms with Gasteiger partial charge in [0.05, 0.1) is 16.3 Å². The molecule has 0 amide bonds. The first-order valence-electron chi connectivity index (χ1n) is 4.91. The zero-order valence-corrected chi connectivity index (χ0v) is 10.7. The topological polar surface area (TPSA) is 39.9 Å². The fourth-order valence-corrected chi connectivity index (χ4v) is 1.88. The molecule has 0 fully saturated rings. The van der Waals surface area contributed by atoms with Gasteiger partial charge in [-0.3, -0.25) is 0 Å². The van der Waals surface area contributed by atoms with Gasteiger partial charge in [-0.15, -0.1) is 0 Å². The van der Waals surface area contributed by atoms with Crippen molar-refractivity contribution >= 4 is 15.9 Å². The Bertz CT molecular complexity index is 484. The molecule has 0 spiro atoms. The van der Waals surface area contributed by atoms with E-state index in [0.29, 0.717) is 0 Å². The molecule has 0 N–H and O–H groups in total. The van der Waals surface area contributed by atoms with Crippen LogP contribution < -0.4 is 0 Å². The number of methoxy groups -OCH3 is 1. The van der Waals surface area contributed by atoms with Gasteiger partial charge in [0.2, 0.25) is 0 Å². The van der Waals surface area contributed by atoms with Crippen molar-refractivity contribution in [1.29, 1.82) is 0 Å². The van der Waals surface area contributed by atoms with E-state index in [1.165, 1.54) is 0 Å². The summed E-state index contributed by atoms with van der Waals surface area (Å²) in [5, 5.41) is 4.26. The smallest absolute Gasteiger partial charge is 0.168 e. The van der Waals surface area contributed by atoms with E-state index >= 15 is 0 Å². The first kappa shape index (κ1) is 11.3. The molecule has 4 nitrogen and oxygen atoms in total. The number of hydrogen-bond acceptors (Lipinski definition) is 3. The highest BCUT2D eigenvalue weighted by Crippen LogP contribution is 2.22. The van der Waals surface area contributed by atoms with Crippen molar-refractivity contribution in [3.63, 3.8) is 0 Å². The van der Waals surface area contributed by atoms with Crippen LogP contribution in [0.2, 0.25) is 0 Å². The van der Waals surface area contributed by atoms with Crippen LogP contribution in [0.25, 0.3) is 5.82 Å². The number of ether oxygens (including phenoxy) is 1. The van der Waals surface area contributed by atoms with Crippen LogP contribution in [0.1, 0.15) is 18.7 Å². The summed E-state index contributed by atoms with van der Waals surface area (Å²) in [5.41, 5.74) is 0.974. The second-order valence-electron chi connectivity index (χ2n) is 3.35. The third-order valence-corrected chi connectivity index (χ3v) is 3.00. The summed E-state index contributed by atoms with van der Waals surface area (Å²) in [5.74, 6) is 0.770. The molecule has 2 aromatic rings. The van der Waals surface area contributed by atoms with Gasteiger partial charge in [-0.05, 0) is 41.1 Å². The van der Waals surface area contributed by atoms with Gasteiger partial charge >= 0.3 is 0 Å². The van der Waals surface area contributed by atoms with E-state index < -0.39 is 0 Å². The highest BCUT2D eigenvalue weighted by molar-refractivity contribution is 9.10. The standard InChI is InChI=1S/C11H12BrN3O/c1-8(16-2)10-5-7-14-15(10)11-9(12)4-3-6-13-11/h3-8H,1-2H3. The summed E-state index contributed by atoms with van der Waals surface area (Å²) >= 11 is 3.46. The van der Waals surface area contributed by atoms with Gasteiger partial charge in [-0.25, -0.2) is 9.67 Å². The lowest BCUT2D eigenvalue weighted by molar-refractivity contribution is 0.113. The van der Waals surface area contributed by atoms with Crippen molar-refractivity contribution in [2.45, 2.75) is 13.0 Å². The molecule has 1 atom stereocenters. The Labute approximate surface area is 102 Å². The molecule has 2 rings (SSSR count). The molecule has 0 aromatic carbocycles. The Morgan fingerprint density at radius 1 is 1.38 bits per heavy atom. The number of halogens is 1. The third-order valence-electron chi connectivity index (χ3n) is 2.38. The largest absolute Gasteiger partial charge is 0.375 e. The predicted octanol–water partition coefficient (Wildman–Crippen LogP) is 2.74. The van der Waals surface area contributed by atoms with Gasteiger partial charge in [0, 0.05) is 19.5 Å². The lowest BCUT2D eigenvalue weighted by Gasteiger charge is -2.12. The molecule has 5 heteroatoms. The van der Waals surface area contributed by atoms with Crippen molar-refractivity contribution in [3.8, 4) is 5.82 Å². The van der Waals surface area contributed by atoms with E-state index in [-0.39, 0.29) is 6.10 Å². The molecule has 0 aliphatic rings. The SMILES string of the molecule is COC(C)c1ccnn1-c1ncccc1Br. The van der Waals surface area contributed by atoms with Crippen LogP contribution in [0.4, 0.5) is 0 Å². The van der Waals surface area contributed by atoms with E-state index in [2.05, 4.69) is 26.0 Å². The van der Waals surface area contributed by atoms with Crippen LogP contribution in [0, 0.1) is 0 Å². The zero-order chi connectivity index (χ0) is 11.5. The van der Waals surface area contributed by atoms with Gasteiger partial charge in [0.1, 0.15) is 0 Å². The Morgan fingerprint density at radius 3 is 2.88 bits per heavy atom. The molecule has 0 saturated carbocycles. The highest BCUT2D eigenvalue weighted by atomic mass is 79.9. The summed E-state index contributed by atoms with van der Waals surface area (Å²) in [4.78, 5) is 4.30. The Morgan fingerprint density at radius 2 is 2.19 bits per heavy atom. The minimum absolute atomic E-state index is 0.0172. The predicted molar refractivity (Wildman–Crippen MR) is 64.5 cm³/mol. The van der Waals surface area contributed by atoms with E-state index in [1.807, 2.05) is 25.1 Å². The van der Waals surface area contributed by atoms with Crippen molar-refractivity contribution < 1.29 is 4.74 Å². The van der Waals surface area contributed by atoms with Crippen LogP contribution in [0.5, 0.6) is 0 Å². The van der Waals surface area contributed by atoms with Gasteiger partial charge < -0.3 is 4.74 Å². The maximum atomic E-state index is 5.29. The van der Waals surface area contributed by atoms with Crippen LogP contribution in [-0.2, 0) is 4.74 Å². The van der Waals surface area contributed by atoms with Crippen molar-refractivity contribution in [2.75, 3.05) is 7.11 Å². The van der Waals surface area contributed by atoms with Crippen molar-refractivity contribution in [3.05, 3.63) is 40.8 Å². The molecular formula is C11H12BrN3O. The number of pyridine rings is 1. The second-order valence-corrected chi connectivity index (χ2v) is 4.21. The lowest BCUT2D eigenvalue weighted by Crippen LogP contribution is -2.08. The summed E-state index contributed by atoms with van der Waals surface area (Å²) in [6.45, 7) is 1.98. The molecule has 16 heavy (non-hydrogen) atoms. The van der Waals surface area contributed by atoms with Gasteiger partial charge in [0.25, 0.3) is 0 Å². The summed E-state index contributed by atoms with van der Waals surface area (Å²) < 4.78 is 7.97. The molecule has 0 radical (unpaired) electrons. The quantitative estimate of drug-likeness (QED) is 0.869. The molecule has 2 aromatic heterocycles. The monoisotopic (exact) mass is 281 g/mol. The summed E-state index contributed by atoms with van der Waals surface area (Å²) in [7, 11) is 1.68. The van der Waals surface area contributed by atoms with Gasteiger partial charge in [-0.1, -0.05) is 0 Å². The summed E-state index contributed by atoms with van der Waals surface area (Å²) in [6.07, 6.45) is 3.46. The molecule has 2 heterocycles. The minimum atomic E-state index is -0.0172. The first-order valence-corrected chi connectivity index (χ1v) is 5.71. The van der Waals surface area contributed by atoms with Crippen molar-refractivity contribution in [2.24, 2.45) is 0 Å². The van der Waals surface area contributed by atoms with Crippen molar-refractivity contribution in [1.82, 2.24) is 14.8 Å². The highest BCUT2D eigenvalue weighted by Gasteiger charge is 2.14. The van der Waals surface area contributed by atoms with Crippen LogP contribution >= 0.6 is 15.9 Å². The van der Waals surface area contributed by atoms with Gasteiger partial charge in [-0.2, -0.15) is 5.10 Å². The normalized spacial score (nSPS) is 12.7. The molecule has 0 aliphatic heterocycles. The average Bonchev–Trinajstić information content (AvgIpc) is 2.77. The second kappa shape index (κ2) is 4.76. The number of rotatable bonds is 3. The number of aromatic nitrogens is 3. The molecule has 84 valence electrons. The molecule has 0 saturated heterocycles. The lowest BCUT2D eigenvalue weighted by atomic mass is 10.3. The average molecular weight is 282 g/mol. The van der Waals surface area contributed by atoms with E-state index in [4.69, 9.17) is 4.74 Å². The minimum Gasteiger partial charge on any atom is -0.375 e. The first-order chi connectivity index (χ1) is 7.74. The maximum absolute atomic E-state index is 5.29. The van der Waals surface area contributed by atoms with E-state index in [1.54, 1.807) is 24.2 Å². The van der Waals surface area contributed by atoms with Crippen LogP contribution in [-0.4, -0.2) is 21.9 Å². The Hall–Kier alpha value is -1.20. The molecular weight excluding hydrogens is 270 g/mol.